The number of aryl methyl sites for hydroxylation is 2. The lowest BCUT2D eigenvalue weighted by atomic mass is 10.0. The molecule has 0 amide bonds. The largest absolute Gasteiger partial charge is 0.373 e. The highest BCUT2D eigenvalue weighted by Gasteiger charge is 2.31. The number of hydrogen-bond donors (Lipinski definition) is 0. The van der Waals surface area contributed by atoms with Gasteiger partial charge in [0.25, 0.3) is 0 Å². The lowest BCUT2D eigenvalue weighted by Crippen LogP contribution is -2.19. The van der Waals surface area contributed by atoms with E-state index in [2.05, 4.69) is 22.9 Å². The van der Waals surface area contributed by atoms with Crippen molar-refractivity contribution in [3.05, 3.63) is 32.7 Å². The van der Waals surface area contributed by atoms with Crippen molar-refractivity contribution in [1.29, 1.82) is 0 Å². The molecule has 0 aliphatic carbocycles. The molecule has 1 aliphatic rings. The van der Waals surface area contributed by atoms with E-state index < -0.39 is 0 Å². The fourth-order valence-electron chi connectivity index (χ4n) is 3.00. The van der Waals surface area contributed by atoms with Gasteiger partial charge in [0.1, 0.15) is 0 Å². The Bertz CT molecular complexity index is 752. The Hall–Kier alpha value is -0.780. The Kier molecular flexibility index (Phi) is 3.93. The molecule has 21 heavy (non-hydrogen) atoms. The van der Waals surface area contributed by atoms with Gasteiger partial charge in [-0.15, -0.1) is 11.6 Å². The van der Waals surface area contributed by atoms with Crippen molar-refractivity contribution in [1.82, 2.24) is 9.13 Å². The van der Waals surface area contributed by atoms with E-state index in [1.54, 1.807) is 23.2 Å². The maximum Gasteiger partial charge on any atom is 0.328 e. The van der Waals surface area contributed by atoms with Crippen molar-refractivity contribution in [3.63, 3.8) is 0 Å². The van der Waals surface area contributed by atoms with Crippen LogP contribution in [-0.2, 0) is 18.8 Å². The number of fused-ring (bicyclic) bond motifs is 1. The zero-order valence-electron chi connectivity index (χ0n) is 12.3. The highest BCUT2D eigenvalue weighted by Crippen LogP contribution is 2.39. The predicted octanol–water partition coefficient (Wildman–Crippen LogP) is 3.49. The normalized spacial score (nSPS) is 23.9. The molecule has 1 aromatic carbocycles. The smallest absolute Gasteiger partial charge is 0.328 e. The maximum absolute atomic E-state index is 12.0. The van der Waals surface area contributed by atoms with Crippen molar-refractivity contribution in [3.8, 4) is 0 Å². The molecule has 4 nitrogen and oxygen atoms in total. The molecule has 1 saturated heterocycles. The van der Waals surface area contributed by atoms with Crippen LogP contribution in [0.2, 0.25) is 0 Å². The number of benzene rings is 1. The van der Waals surface area contributed by atoms with Crippen LogP contribution in [0.25, 0.3) is 11.0 Å². The summed E-state index contributed by atoms with van der Waals surface area (Å²) < 4.78 is 10.1. The summed E-state index contributed by atoms with van der Waals surface area (Å²) in [5, 5.41) is -0.218. The van der Waals surface area contributed by atoms with Gasteiger partial charge in [-0.3, -0.25) is 9.13 Å². The molecule has 6 heteroatoms. The molecule has 114 valence electrons. The molecule has 1 fully saturated rings. The maximum atomic E-state index is 12.0. The van der Waals surface area contributed by atoms with Crippen LogP contribution in [-0.4, -0.2) is 21.3 Å². The first-order valence-corrected chi connectivity index (χ1v) is 8.27. The Morgan fingerprint density at radius 2 is 1.90 bits per heavy atom. The van der Waals surface area contributed by atoms with Crippen molar-refractivity contribution in [2.24, 2.45) is 14.1 Å². The average molecular weight is 374 g/mol. The van der Waals surface area contributed by atoms with E-state index in [1.165, 1.54) is 0 Å². The van der Waals surface area contributed by atoms with Crippen LogP contribution >= 0.6 is 27.5 Å². The topological polar surface area (TPSA) is 36.2 Å². The van der Waals surface area contributed by atoms with Crippen LogP contribution in [0.15, 0.2) is 21.4 Å². The fraction of sp³-hybridized carbons (Fsp3) is 0.533. The molecule has 0 spiro atoms. The number of imidazole rings is 1. The number of halogens is 2. The van der Waals surface area contributed by atoms with Crippen LogP contribution in [0.3, 0.4) is 0 Å². The molecule has 3 atom stereocenters. The number of nitrogens with zero attached hydrogens (tertiary/aromatic N) is 2. The average Bonchev–Trinajstić information content (AvgIpc) is 2.97. The first-order chi connectivity index (χ1) is 9.90. The van der Waals surface area contributed by atoms with Gasteiger partial charge < -0.3 is 4.74 Å². The molecule has 0 N–H and O–H groups in total. The van der Waals surface area contributed by atoms with E-state index >= 15 is 0 Å². The quantitative estimate of drug-likeness (QED) is 0.756. The van der Waals surface area contributed by atoms with E-state index in [4.69, 9.17) is 16.3 Å². The Morgan fingerprint density at radius 1 is 1.29 bits per heavy atom. The molecular formula is C15H18BrClN2O2. The van der Waals surface area contributed by atoms with Crippen LogP contribution in [0.1, 0.15) is 30.7 Å². The molecule has 1 aromatic heterocycles. The molecule has 0 radical (unpaired) electrons. The minimum Gasteiger partial charge on any atom is -0.373 e. The summed E-state index contributed by atoms with van der Waals surface area (Å²) in [6.07, 6.45) is 2.29. The van der Waals surface area contributed by atoms with Crippen molar-refractivity contribution in [2.75, 3.05) is 0 Å². The van der Waals surface area contributed by atoms with Gasteiger partial charge in [-0.05, 0) is 37.5 Å². The number of hydrogen-bond acceptors (Lipinski definition) is 2. The zero-order chi connectivity index (χ0) is 15.3. The van der Waals surface area contributed by atoms with E-state index in [9.17, 15) is 4.79 Å². The third kappa shape index (κ3) is 2.45. The molecule has 0 saturated carbocycles. The predicted molar refractivity (Wildman–Crippen MR) is 88.0 cm³/mol. The summed E-state index contributed by atoms with van der Waals surface area (Å²) in [6.45, 7) is 2.07. The lowest BCUT2D eigenvalue weighted by Gasteiger charge is -2.19. The van der Waals surface area contributed by atoms with Crippen LogP contribution in [0, 0.1) is 0 Å². The van der Waals surface area contributed by atoms with E-state index in [-0.39, 0.29) is 23.3 Å². The van der Waals surface area contributed by atoms with Crippen molar-refractivity contribution >= 4 is 38.6 Å². The summed E-state index contributed by atoms with van der Waals surface area (Å²) in [6, 6.07) is 3.95. The minimum absolute atomic E-state index is 0.0242. The number of alkyl halides is 1. The van der Waals surface area contributed by atoms with E-state index in [0.29, 0.717) is 0 Å². The minimum atomic E-state index is -0.218. The molecule has 2 aromatic rings. The Labute approximate surface area is 136 Å². The Balaban J connectivity index is 2.09. The van der Waals surface area contributed by atoms with Crippen molar-refractivity contribution < 1.29 is 4.74 Å². The molecule has 2 heterocycles. The third-order valence-corrected chi connectivity index (χ3v) is 5.48. The van der Waals surface area contributed by atoms with Gasteiger partial charge >= 0.3 is 5.69 Å². The third-order valence-electron chi connectivity index (χ3n) is 4.28. The van der Waals surface area contributed by atoms with Crippen molar-refractivity contribution in [2.45, 2.75) is 37.4 Å². The van der Waals surface area contributed by atoms with Gasteiger partial charge in [0, 0.05) is 18.6 Å². The number of aromatic nitrogens is 2. The second-order valence-electron chi connectivity index (χ2n) is 5.73. The van der Waals surface area contributed by atoms with Crippen LogP contribution in [0.5, 0.6) is 0 Å². The van der Waals surface area contributed by atoms with Crippen LogP contribution < -0.4 is 5.69 Å². The summed E-state index contributed by atoms with van der Waals surface area (Å²) in [5.41, 5.74) is 2.72. The highest BCUT2D eigenvalue weighted by molar-refractivity contribution is 9.10. The molecule has 3 rings (SSSR count). The van der Waals surface area contributed by atoms with Gasteiger partial charge in [-0.1, -0.05) is 15.9 Å². The molecule has 1 aliphatic heterocycles. The van der Waals surface area contributed by atoms with Crippen LogP contribution in [0.4, 0.5) is 0 Å². The second kappa shape index (κ2) is 5.45. The van der Waals surface area contributed by atoms with E-state index in [0.717, 1.165) is 33.9 Å². The standard InChI is InChI=1S/C15H18BrClN2O2/c1-8-4-5-13(21-8)14(17)9-6-11-12(7-10(9)16)19(3)15(20)18(11)2/h6-8,13-14H,4-5H2,1-3H3. The second-order valence-corrected chi connectivity index (χ2v) is 7.05. The SMILES string of the molecule is CC1CCC(C(Cl)c2cc3c(cc2Br)n(C)c(=O)n3C)O1. The number of rotatable bonds is 2. The highest BCUT2D eigenvalue weighted by atomic mass is 79.9. The van der Waals surface area contributed by atoms with E-state index in [1.807, 2.05) is 12.1 Å². The van der Waals surface area contributed by atoms with Gasteiger partial charge in [0.05, 0.1) is 28.6 Å². The lowest BCUT2D eigenvalue weighted by molar-refractivity contribution is 0.0532. The summed E-state index contributed by atoms with van der Waals surface area (Å²) >= 11 is 10.2. The molecular weight excluding hydrogens is 356 g/mol. The summed E-state index contributed by atoms with van der Waals surface area (Å²) in [7, 11) is 3.55. The van der Waals surface area contributed by atoms with Gasteiger partial charge in [0.2, 0.25) is 0 Å². The first kappa shape index (κ1) is 15.1. The number of ether oxygens (including phenoxy) is 1. The molecule has 3 unspecified atom stereocenters. The monoisotopic (exact) mass is 372 g/mol. The molecule has 0 bridgehead atoms. The Morgan fingerprint density at radius 3 is 2.48 bits per heavy atom. The van der Waals surface area contributed by atoms with Gasteiger partial charge in [-0.25, -0.2) is 4.79 Å². The zero-order valence-corrected chi connectivity index (χ0v) is 14.6. The first-order valence-electron chi connectivity index (χ1n) is 7.04. The fourth-order valence-corrected chi connectivity index (χ4v) is 4.07. The van der Waals surface area contributed by atoms with Gasteiger partial charge in [0.15, 0.2) is 0 Å². The van der Waals surface area contributed by atoms with Gasteiger partial charge in [-0.2, -0.15) is 0 Å². The summed E-state index contributed by atoms with van der Waals surface area (Å²) in [4.78, 5) is 12.0. The summed E-state index contributed by atoms with van der Waals surface area (Å²) in [5.74, 6) is 0.